The lowest BCUT2D eigenvalue weighted by Crippen LogP contribution is -2.05. The van der Waals surface area contributed by atoms with E-state index in [-0.39, 0.29) is 5.78 Å². The number of halogens is 2. The number of benzene rings is 2. The van der Waals surface area contributed by atoms with Crippen molar-refractivity contribution in [1.29, 1.82) is 0 Å². The molecule has 0 aliphatic rings. The molecule has 0 amide bonds. The van der Waals surface area contributed by atoms with Gasteiger partial charge >= 0.3 is 0 Å². The zero-order chi connectivity index (χ0) is 15.4. The van der Waals surface area contributed by atoms with Crippen LogP contribution in [0.2, 0.25) is 5.02 Å². The first-order chi connectivity index (χ1) is 10.0. The Balaban J connectivity index is 2.28. The van der Waals surface area contributed by atoms with E-state index in [2.05, 4.69) is 15.9 Å². The molecule has 0 spiro atoms. The number of methoxy groups -OCH3 is 2. The molecule has 0 aliphatic carbocycles. The second-order valence-corrected chi connectivity index (χ2v) is 5.70. The normalized spacial score (nSPS) is 10.3. The second-order valence-electron chi connectivity index (χ2n) is 4.41. The molecule has 0 atom stereocenters. The van der Waals surface area contributed by atoms with Crippen molar-refractivity contribution in [3.63, 3.8) is 0 Å². The minimum Gasteiger partial charge on any atom is -0.493 e. The Kier molecular flexibility index (Phi) is 5.26. The van der Waals surface area contributed by atoms with Crippen LogP contribution < -0.4 is 9.47 Å². The van der Waals surface area contributed by atoms with Gasteiger partial charge in [0.1, 0.15) is 0 Å². The summed E-state index contributed by atoms with van der Waals surface area (Å²) in [6, 6.07) is 10.6. The number of rotatable bonds is 5. The SMILES string of the molecule is COc1cc(Br)c(C(=O)Cc2ccc(Cl)cc2)cc1OC. The van der Waals surface area contributed by atoms with Crippen molar-refractivity contribution in [1.82, 2.24) is 0 Å². The average molecular weight is 370 g/mol. The molecule has 0 aliphatic heterocycles. The third-order valence-corrected chi connectivity index (χ3v) is 3.96. The van der Waals surface area contributed by atoms with Gasteiger partial charge in [0.15, 0.2) is 17.3 Å². The summed E-state index contributed by atoms with van der Waals surface area (Å²) in [6.07, 6.45) is 0.297. The standard InChI is InChI=1S/C16H14BrClO3/c1-20-15-8-12(13(17)9-16(15)21-2)14(19)7-10-3-5-11(18)6-4-10/h3-6,8-9H,7H2,1-2H3. The van der Waals surface area contributed by atoms with Crippen LogP contribution in [0.3, 0.4) is 0 Å². The van der Waals surface area contributed by atoms with E-state index in [1.54, 1.807) is 38.5 Å². The van der Waals surface area contributed by atoms with E-state index < -0.39 is 0 Å². The molecule has 0 saturated carbocycles. The molecule has 21 heavy (non-hydrogen) atoms. The molecular weight excluding hydrogens is 356 g/mol. The molecule has 0 N–H and O–H groups in total. The summed E-state index contributed by atoms with van der Waals surface area (Å²) in [5.74, 6) is 1.10. The topological polar surface area (TPSA) is 35.5 Å². The van der Waals surface area contributed by atoms with E-state index in [4.69, 9.17) is 21.1 Å². The summed E-state index contributed by atoms with van der Waals surface area (Å²) in [4.78, 5) is 12.4. The molecule has 0 aromatic heterocycles. The smallest absolute Gasteiger partial charge is 0.168 e. The largest absolute Gasteiger partial charge is 0.493 e. The number of hydrogen-bond acceptors (Lipinski definition) is 3. The van der Waals surface area contributed by atoms with Crippen LogP contribution in [-0.2, 0) is 6.42 Å². The fraction of sp³-hybridized carbons (Fsp3) is 0.188. The number of ether oxygens (including phenoxy) is 2. The Morgan fingerprint density at radius 3 is 2.24 bits per heavy atom. The highest BCUT2D eigenvalue weighted by Crippen LogP contribution is 2.33. The van der Waals surface area contributed by atoms with Crippen LogP contribution in [0.5, 0.6) is 11.5 Å². The van der Waals surface area contributed by atoms with Crippen LogP contribution in [0.1, 0.15) is 15.9 Å². The predicted molar refractivity (Wildman–Crippen MR) is 86.7 cm³/mol. The van der Waals surface area contributed by atoms with Gasteiger partial charge in [0.2, 0.25) is 0 Å². The van der Waals surface area contributed by atoms with Crippen molar-refractivity contribution in [3.8, 4) is 11.5 Å². The van der Waals surface area contributed by atoms with Crippen LogP contribution in [0.4, 0.5) is 0 Å². The number of carbonyl (C=O) groups is 1. The Hall–Kier alpha value is -1.52. The third-order valence-electron chi connectivity index (χ3n) is 3.05. The molecular formula is C16H14BrClO3. The van der Waals surface area contributed by atoms with Gasteiger partial charge in [-0.2, -0.15) is 0 Å². The molecule has 110 valence electrons. The fourth-order valence-electron chi connectivity index (χ4n) is 1.95. The summed E-state index contributed by atoms with van der Waals surface area (Å²) in [7, 11) is 3.10. The Morgan fingerprint density at radius 2 is 1.67 bits per heavy atom. The fourth-order valence-corrected chi connectivity index (χ4v) is 2.62. The summed E-state index contributed by atoms with van der Waals surface area (Å²) >= 11 is 9.24. The lowest BCUT2D eigenvalue weighted by Gasteiger charge is -2.11. The van der Waals surface area contributed by atoms with Crippen molar-refractivity contribution < 1.29 is 14.3 Å². The highest BCUT2D eigenvalue weighted by atomic mass is 79.9. The van der Waals surface area contributed by atoms with Crippen LogP contribution in [0.15, 0.2) is 40.9 Å². The van der Waals surface area contributed by atoms with Gasteiger partial charge < -0.3 is 9.47 Å². The highest BCUT2D eigenvalue weighted by molar-refractivity contribution is 9.10. The number of ketones is 1. The molecule has 0 heterocycles. The second kappa shape index (κ2) is 6.96. The molecule has 0 fully saturated rings. The minimum atomic E-state index is -0.00912. The number of hydrogen-bond donors (Lipinski definition) is 0. The van der Waals surface area contributed by atoms with Crippen molar-refractivity contribution in [3.05, 3.63) is 57.0 Å². The monoisotopic (exact) mass is 368 g/mol. The number of carbonyl (C=O) groups excluding carboxylic acids is 1. The van der Waals surface area contributed by atoms with E-state index in [9.17, 15) is 4.79 Å². The van der Waals surface area contributed by atoms with Gasteiger partial charge in [-0.3, -0.25) is 4.79 Å². The molecule has 0 saturated heterocycles. The molecule has 0 radical (unpaired) electrons. The van der Waals surface area contributed by atoms with Gasteiger partial charge in [0.25, 0.3) is 0 Å². The van der Waals surface area contributed by atoms with Crippen molar-refractivity contribution in [2.24, 2.45) is 0 Å². The Bertz CT molecular complexity index is 653. The Morgan fingerprint density at radius 1 is 1.10 bits per heavy atom. The van der Waals surface area contributed by atoms with Crippen LogP contribution in [0.25, 0.3) is 0 Å². The zero-order valence-electron chi connectivity index (χ0n) is 11.7. The lowest BCUT2D eigenvalue weighted by atomic mass is 10.0. The van der Waals surface area contributed by atoms with Gasteiger partial charge in [0.05, 0.1) is 14.2 Å². The summed E-state index contributed by atoms with van der Waals surface area (Å²) in [5, 5.41) is 0.651. The van der Waals surface area contributed by atoms with Crippen LogP contribution in [-0.4, -0.2) is 20.0 Å². The maximum absolute atomic E-state index is 12.4. The van der Waals surface area contributed by atoms with Crippen molar-refractivity contribution in [2.75, 3.05) is 14.2 Å². The first-order valence-corrected chi connectivity index (χ1v) is 7.41. The molecule has 2 aromatic carbocycles. The van der Waals surface area contributed by atoms with Crippen LogP contribution in [0, 0.1) is 0 Å². The van der Waals surface area contributed by atoms with E-state index >= 15 is 0 Å². The van der Waals surface area contributed by atoms with Gasteiger partial charge in [-0.25, -0.2) is 0 Å². The van der Waals surface area contributed by atoms with E-state index in [0.717, 1.165) is 5.56 Å². The quantitative estimate of drug-likeness (QED) is 0.726. The number of Topliss-reactive ketones (excluding diaryl/α,β-unsaturated/α-hetero) is 1. The first kappa shape index (κ1) is 15.9. The van der Waals surface area contributed by atoms with Gasteiger partial charge in [-0.15, -0.1) is 0 Å². The third kappa shape index (κ3) is 3.77. The molecule has 0 bridgehead atoms. The van der Waals surface area contributed by atoms with Crippen molar-refractivity contribution >= 4 is 33.3 Å². The predicted octanol–water partition coefficient (Wildman–Crippen LogP) is 4.55. The molecule has 3 nitrogen and oxygen atoms in total. The van der Waals surface area contributed by atoms with Gasteiger partial charge in [0, 0.05) is 21.5 Å². The van der Waals surface area contributed by atoms with E-state index in [1.807, 2.05) is 12.1 Å². The Labute approximate surface area is 137 Å². The summed E-state index contributed by atoms with van der Waals surface area (Å²) in [6.45, 7) is 0. The van der Waals surface area contributed by atoms with Crippen LogP contribution >= 0.6 is 27.5 Å². The van der Waals surface area contributed by atoms with E-state index in [0.29, 0.717) is 33.0 Å². The maximum Gasteiger partial charge on any atom is 0.168 e. The molecule has 2 aromatic rings. The highest BCUT2D eigenvalue weighted by Gasteiger charge is 2.15. The summed E-state index contributed by atoms with van der Waals surface area (Å²) < 4.78 is 11.1. The lowest BCUT2D eigenvalue weighted by molar-refractivity contribution is 0.0992. The first-order valence-electron chi connectivity index (χ1n) is 6.24. The molecule has 0 unspecified atom stereocenters. The van der Waals surface area contributed by atoms with Gasteiger partial charge in [-0.05, 0) is 45.8 Å². The van der Waals surface area contributed by atoms with Crippen molar-refractivity contribution in [2.45, 2.75) is 6.42 Å². The minimum absolute atomic E-state index is 0.00912. The molecule has 5 heteroatoms. The summed E-state index contributed by atoms with van der Waals surface area (Å²) in [5.41, 5.74) is 1.47. The van der Waals surface area contributed by atoms with E-state index in [1.165, 1.54) is 0 Å². The maximum atomic E-state index is 12.4. The van der Waals surface area contributed by atoms with Gasteiger partial charge in [-0.1, -0.05) is 23.7 Å². The average Bonchev–Trinajstić information content (AvgIpc) is 2.49. The molecule has 2 rings (SSSR count). The zero-order valence-corrected chi connectivity index (χ0v) is 14.0.